The second-order valence-electron chi connectivity index (χ2n) is 7.78. The maximum atomic E-state index is 12.9. The number of hydrogen-bond acceptors (Lipinski definition) is 5. The highest BCUT2D eigenvalue weighted by Gasteiger charge is 2.40. The topological polar surface area (TPSA) is 61.3 Å². The van der Waals surface area contributed by atoms with Crippen LogP contribution in [-0.2, 0) is 6.18 Å². The van der Waals surface area contributed by atoms with Gasteiger partial charge in [-0.25, -0.2) is 0 Å². The van der Waals surface area contributed by atoms with E-state index in [4.69, 9.17) is 0 Å². The Hall–Kier alpha value is -2.35. The van der Waals surface area contributed by atoms with E-state index in [2.05, 4.69) is 27.5 Å². The Morgan fingerprint density at radius 3 is 2.50 bits per heavy atom. The zero-order valence-electron chi connectivity index (χ0n) is 15.8. The first-order chi connectivity index (χ1) is 13.2. The van der Waals surface area contributed by atoms with E-state index in [1.165, 1.54) is 19.8 Å². The van der Waals surface area contributed by atoms with E-state index in [-0.39, 0.29) is 5.56 Å². The fourth-order valence-electron chi connectivity index (χ4n) is 4.60. The maximum Gasteiger partial charge on any atom is 0.416 e. The number of phenols is 1. The molecule has 2 aliphatic heterocycles. The molecule has 2 fully saturated rings. The van der Waals surface area contributed by atoms with Crippen molar-refractivity contribution in [1.29, 1.82) is 0 Å². The van der Waals surface area contributed by atoms with Crippen LogP contribution >= 0.6 is 0 Å². The van der Waals surface area contributed by atoms with Gasteiger partial charge < -0.3 is 10.4 Å². The molecule has 5 nitrogen and oxygen atoms in total. The molecule has 0 unspecified atom stereocenters. The molecule has 2 bridgehead atoms. The lowest BCUT2D eigenvalue weighted by Crippen LogP contribution is -2.48. The average Bonchev–Trinajstić information content (AvgIpc) is 2.85. The van der Waals surface area contributed by atoms with E-state index >= 15 is 0 Å². The molecule has 2 N–H and O–H groups in total. The van der Waals surface area contributed by atoms with E-state index in [1.807, 2.05) is 0 Å². The van der Waals surface area contributed by atoms with Gasteiger partial charge in [0, 0.05) is 23.7 Å². The smallest absolute Gasteiger partial charge is 0.416 e. The number of benzene rings is 1. The van der Waals surface area contributed by atoms with Crippen LogP contribution in [-0.4, -0.2) is 45.4 Å². The number of phenolic OH excluding ortho intramolecular Hbond substituents is 1. The molecule has 1 aromatic heterocycles. The van der Waals surface area contributed by atoms with Crippen LogP contribution in [0.1, 0.15) is 36.8 Å². The molecule has 0 saturated carbocycles. The average molecular weight is 392 g/mol. The number of rotatable bonds is 3. The first-order valence-electron chi connectivity index (χ1n) is 9.47. The molecule has 4 rings (SSSR count). The molecule has 2 aromatic rings. The molecule has 150 valence electrons. The Kier molecular flexibility index (Phi) is 4.69. The number of anilines is 1. The van der Waals surface area contributed by atoms with Crippen LogP contribution < -0.4 is 5.32 Å². The molecule has 2 aliphatic rings. The summed E-state index contributed by atoms with van der Waals surface area (Å²) in [6, 6.07) is 6.66. The zero-order valence-corrected chi connectivity index (χ0v) is 15.8. The van der Waals surface area contributed by atoms with Crippen LogP contribution in [0.2, 0.25) is 0 Å². The number of fused-ring (bicyclic) bond motifs is 2. The molecule has 8 heteroatoms. The van der Waals surface area contributed by atoms with Crippen molar-refractivity contribution in [2.24, 2.45) is 0 Å². The van der Waals surface area contributed by atoms with Crippen LogP contribution in [0.5, 0.6) is 5.75 Å². The van der Waals surface area contributed by atoms with Crippen LogP contribution in [0.25, 0.3) is 11.3 Å². The summed E-state index contributed by atoms with van der Waals surface area (Å²) in [5, 5.41) is 21.9. The van der Waals surface area contributed by atoms with Crippen molar-refractivity contribution in [1.82, 2.24) is 15.1 Å². The van der Waals surface area contributed by atoms with Crippen LogP contribution in [0, 0.1) is 6.92 Å². The summed E-state index contributed by atoms with van der Waals surface area (Å²) >= 11 is 0. The number of hydrogen-bond donors (Lipinski definition) is 2. The zero-order chi connectivity index (χ0) is 20.1. The maximum absolute atomic E-state index is 12.9. The Morgan fingerprint density at radius 1 is 1.11 bits per heavy atom. The first-order valence-corrected chi connectivity index (χ1v) is 9.47. The fourth-order valence-corrected chi connectivity index (χ4v) is 4.60. The summed E-state index contributed by atoms with van der Waals surface area (Å²) in [5.74, 6) is 0.185. The lowest BCUT2D eigenvalue weighted by Gasteiger charge is -2.38. The fraction of sp³-hybridized carbons (Fsp3) is 0.500. The number of nitrogens with one attached hydrogen (secondary N) is 1. The Labute approximate surface area is 161 Å². The van der Waals surface area contributed by atoms with Crippen LogP contribution in [0.4, 0.5) is 19.0 Å². The van der Waals surface area contributed by atoms with Crippen LogP contribution in [0.15, 0.2) is 24.3 Å². The van der Waals surface area contributed by atoms with Gasteiger partial charge >= 0.3 is 6.18 Å². The van der Waals surface area contributed by atoms with Gasteiger partial charge in [-0.15, -0.1) is 10.2 Å². The summed E-state index contributed by atoms with van der Waals surface area (Å²) in [6.07, 6.45) is 0.142. The number of nitrogens with zero attached hydrogens (tertiary/aromatic N) is 3. The van der Waals surface area contributed by atoms with Crippen molar-refractivity contribution >= 4 is 5.82 Å². The number of halogens is 3. The molecular formula is C20H23F3N4O. The number of aromatic hydroxyl groups is 1. The summed E-state index contributed by atoms with van der Waals surface area (Å²) in [4.78, 5) is 2.44. The lowest BCUT2D eigenvalue weighted by molar-refractivity contribution is -0.137. The van der Waals surface area contributed by atoms with E-state index in [0.717, 1.165) is 25.0 Å². The van der Waals surface area contributed by atoms with Crippen LogP contribution in [0.3, 0.4) is 0 Å². The summed E-state index contributed by atoms with van der Waals surface area (Å²) in [7, 11) is 2.17. The molecule has 0 radical (unpaired) electrons. The third-order valence-corrected chi connectivity index (χ3v) is 6.07. The predicted molar refractivity (Wildman–Crippen MR) is 100 cm³/mol. The van der Waals surface area contributed by atoms with Gasteiger partial charge in [0.1, 0.15) is 11.6 Å². The number of likely N-dealkylation sites (N-methyl/N-ethyl adjacent to an activating group) is 1. The van der Waals surface area contributed by atoms with E-state index in [1.54, 1.807) is 12.1 Å². The largest absolute Gasteiger partial charge is 0.507 e. The van der Waals surface area contributed by atoms with Crippen molar-refractivity contribution in [3.05, 3.63) is 35.4 Å². The Balaban J connectivity index is 1.54. The lowest BCUT2D eigenvalue weighted by atomic mass is 9.98. The summed E-state index contributed by atoms with van der Waals surface area (Å²) in [6.45, 7) is 1.52. The summed E-state index contributed by atoms with van der Waals surface area (Å²) < 4.78 is 38.7. The van der Waals surface area contributed by atoms with Gasteiger partial charge in [0.15, 0.2) is 0 Å². The Morgan fingerprint density at radius 2 is 1.86 bits per heavy atom. The number of aromatic nitrogens is 2. The monoisotopic (exact) mass is 392 g/mol. The quantitative estimate of drug-likeness (QED) is 0.819. The predicted octanol–water partition coefficient (Wildman–Crippen LogP) is 4.21. The van der Waals surface area contributed by atoms with Gasteiger partial charge in [-0.1, -0.05) is 0 Å². The van der Waals surface area contributed by atoms with Crippen molar-refractivity contribution in [2.75, 3.05) is 12.4 Å². The van der Waals surface area contributed by atoms with Gasteiger partial charge in [-0.05, 0) is 69.5 Å². The molecule has 0 aliphatic carbocycles. The number of aryl methyl sites for hydroxylation is 1. The minimum Gasteiger partial charge on any atom is -0.507 e. The molecule has 1 aromatic carbocycles. The Bertz CT molecular complexity index is 846. The minimum absolute atomic E-state index is 0.267. The molecule has 3 atom stereocenters. The van der Waals surface area contributed by atoms with Gasteiger partial charge in [-0.2, -0.15) is 13.2 Å². The highest BCUT2D eigenvalue weighted by atomic mass is 19.4. The van der Waals surface area contributed by atoms with Crippen molar-refractivity contribution in [3.63, 3.8) is 0 Å². The molecule has 3 heterocycles. The second kappa shape index (κ2) is 6.92. The van der Waals surface area contributed by atoms with Gasteiger partial charge in [0.05, 0.1) is 11.3 Å². The highest BCUT2D eigenvalue weighted by Crippen LogP contribution is 2.39. The summed E-state index contributed by atoms with van der Waals surface area (Å²) in [5.41, 5.74) is 0.0288. The standard InChI is InChI=1S/C20H23F3N4O/c1-11-9-12(20(21,22)23)10-17(28)19(11)15-6-8-18(26-25-15)24-14-5-3-13-4-7-16(14)27(13)2/h6,8-10,13-14,16,28H,3-5,7H2,1-2H3,(H,24,26)/t13-,14-,16+/m0/s1. The van der Waals surface area contributed by atoms with Crippen molar-refractivity contribution in [3.8, 4) is 17.0 Å². The van der Waals surface area contributed by atoms with Crippen molar-refractivity contribution in [2.45, 2.75) is 56.9 Å². The molecule has 28 heavy (non-hydrogen) atoms. The third-order valence-electron chi connectivity index (χ3n) is 6.07. The van der Waals surface area contributed by atoms with Gasteiger partial charge in [0.2, 0.25) is 0 Å². The molecule has 2 saturated heterocycles. The third kappa shape index (κ3) is 3.41. The van der Waals surface area contributed by atoms with E-state index in [9.17, 15) is 18.3 Å². The molecule has 0 spiro atoms. The van der Waals surface area contributed by atoms with Crippen molar-refractivity contribution < 1.29 is 18.3 Å². The van der Waals surface area contributed by atoms with E-state index in [0.29, 0.717) is 35.2 Å². The van der Waals surface area contributed by atoms with E-state index < -0.39 is 17.5 Å². The first kappa shape index (κ1) is 19.0. The second-order valence-corrected chi connectivity index (χ2v) is 7.78. The molecule has 0 amide bonds. The normalized spacial score (nSPS) is 25.1. The highest BCUT2D eigenvalue weighted by molar-refractivity contribution is 5.71. The van der Waals surface area contributed by atoms with Gasteiger partial charge in [0.25, 0.3) is 0 Å². The number of piperidine rings is 1. The molecular weight excluding hydrogens is 369 g/mol. The minimum atomic E-state index is -4.51. The van der Waals surface area contributed by atoms with Gasteiger partial charge in [-0.3, -0.25) is 4.90 Å². The SMILES string of the molecule is Cc1cc(C(F)(F)F)cc(O)c1-c1ccc(N[C@H]2CC[C@H]3CC[C@H]2N3C)nn1. The number of alkyl halides is 3.